The van der Waals surface area contributed by atoms with Crippen LogP contribution < -0.4 is 9.47 Å². The molecule has 178 valence electrons. The van der Waals surface area contributed by atoms with Gasteiger partial charge in [-0.2, -0.15) is 5.26 Å². The molecule has 4 saturated carbocycles. The number of fused-ring (bicyclic) bond motifs is 2. The third-order valence-electron chi connectivity index (χ3n) is 11.2. The van der Waals surface area contributed by atoms with Gasteiger partial charge in [0.15, 0.2) is 11.5 Å². The Kier molecular flexibility index (Phi) is 4.12. The van der Waals surface area contributed by atoms with Gasteiger partial charge in [0.25, 0.3) is 0 Å². The van der Waals surface area contributed by atoms with E-state index in [1.165, 1.54) is 11.1 Å². The minimum Gasteiger partial charge on any atom is -0.493 e. The van der Waals surface area contributed by atoms with Gasteiger partial charge in [-0.1, -0.05) is 26.8 Å². The van der Waals surface area contributed by atoms with E-state index in [0.717, 1.165) is 50.0 Å². The molecule has 1 unspecified atom stereocenters. The summed E-state index contributed by atoms with van der Waals surface area (Å²) in [5.74, 6) is 1.92. The zero-order valence-corrected chi connectivity index (χ0v) is 20.8. The molecule has 5 heteroatoms. The molecule has 0 amide bonds. The predicted molar refractivity (Wildman–Crippen MR) is 124 cm³/mol. The van der Waals surface area contributed by atoms with Gasteiger partial charge in [-0.25, -0.2) is 0 Å². The molecule has 1 aromatic rings. The van der Waals surface area contributed by atoms with Crippen LogP contribution in [0, 0.1) is 39.9 Å². The molecule has 1 heterocycles. The number of rotatable bonds is 3. The first-order valence-corrected chi connectivity index (χ1v) is 12.6. The second-order valence-corrected chi connectivity index (χ2v) is 12.7. The van der Waals surface area contributed by atoms with Gasteiger partial charge in [-0.15, -0.1) is 0 Å². The van der Waals surface area contributed by atoms with Crippen LogP contribution in [0.1, 0.15) is 70.9 Å². The van der Waals surface area contributed by atoms with Crippen molar-refractivity contribution in [2.24, 2.45) is 28.6 Å². The average Bonchev–Trinajstić information content (AvgIpc) is 3.15. The molecule has 5 aliphatic carbocycles. The number of hydrogen-bond donors (Lipinski definition) is 1. The molecule has 0 radical (unpaired) electrons. The topological polar surface area (TPSA) is 71.7 Å². The van der Waals surface area contributed by atoms with Crippen LogP contribution in [0.25, 0.3) is 0 Å². The summed E-state index contributed by atoms with van der Waals surface area (Å²) in [6.45, 7) is 8.36. The smallest absolute Gasteiger partial charge is 0.165 e. The van der Waals surface area contributed by atoms with E-state index in [2.05, 4.69) is 32.9 Å². The number of ether oxygens (including phenoxy) is 3. The molecule has 8 atom stereocenters. The first-order chi connectivity index (χ1) is 15.5. The molecule has 5 nitrogen and oxygen atoms in total. The fourth-order valence-electron chi connectivity index (χ4n) is 9.29. The molecule has 4 bridgehead atoms. The van der Waals surface area contributed by atoms with E-state index < -0.39 is 11.2 Å². The van der Waals surface area contributed by atoms with Crippen molar-refractivity contribution in [3.05, 3.63) is 23.3 Å². The summed E-state index contributed by atoms with van der Waals surface area (Å²) in [6, 6.07) is 6.93. The maximum atomic E-state index is 12.1. The average molecular weight is 452 g/mol. The lowest BCUT2D eigenvalue weighted by Crippen LogP contribution is -2.80. The van der Waals surface area contributed by atoms with Crippen molar-refractivity contribution in [3.63, 3.8) is 0 Å². The first kappa shape index (κ1) is 21.7. The third-order valence-corrected chi connectivity index (χ3v) is 11.2. The highest BCUT2D eigenvalue weighted by Gasteiger charge is 2.82. The van der Waals surface area contributed by atoms with Crippen LogP contribution in [0.2, 0.25) is 0 Å². The number of methoxy groups -OCH3 is 2. The molecule has 0 aromatic heterocycles. The number of aliphatic hydroxyl groups is 1. The van der Waals surface area contributed by atoms with Crippen LogP contribution in [0.5, 0.6) is 11.5 Å². The molecular weight excluding hydrogens is 414 g/mol. The van der Waals surface area contributed by atoms with Crippen molar-refractivity contribution in [2.75, 3.05) is 14.2 Å². The normalized spacial score (nSPS) is 43.8. The molecule has 4 fully saturated rings. The van der Waals surface area contributed by atoms with Crippen LogP contribution in [0.15, 0.2) is 12.1 Å². The van der Waals surface area contributed by atoms with E-state index >= 15 is 0 Å². The third kappa shape index (κ3) is 2.13. The van der Waals surface area contributed by atoms with Crippen LogP contribution in [0.3, 0.4) is 0 Å². The van der Waals surface area contributed by atoms with E-state index in [-0.39, 0.29) is 40.1 Å². The van der Waals surface area contributed by atoms with Crippen LogP contribution in [-0.4, -0.2) is 36.6 Å². The molecule has 7 rings (SSSR count). The highest BCUT2D eigenvalue weighted by atomic mass is 16.6. The summed E-state index contributed by atoms with van der Waals surface area (Å²) in [5, 5.41) is 22.3. The van der Waals surface area contributed by atoms with Crippen molar-refractivity contribution in [1.82, 2.24) is 0 Å². The maximum absolute atomic E-state index is 12.1. The first-order valence-electron chi connectivity index (χ1n) is 12.6. The number of benzene rings is 1. The lowest BCUT2D eigenvalue weighted by Gasteiger charge is -2.75. The summed E-state index contributed by atoms with van der Waals surface area (Å²) >= 11 is 0. The molecule has 6 aliphatic rings. The van der Waals surface area contributed by atoms with Crippen molar-refractivity contribution in [2.45, 2.75) is 88.9 Å². The Morgan fingerprint density at radius 2 is 1.91 bits per heavy atom. The number of hydrogen-bond acceptors (Lipinski definition) is 5. The summed E-state index contributed by atoms with van der Waals surface area (Å²) in [5.41, 5.74) is 0.550. The monoisotopic (exact) mass is 451 g/mol. The van der Waals surface area contributed by atoms with Gasteiger partial charge in [-0.05, 0) is 73.8 Å². The van der Waals surface area contributed by atoms with Gasteiger partial charge >= 0.3 is 0 Å². The van der Waals surface area contributed by atoms with Crippen molar-refractivity contribution >= 4 is 0 Å². The summed E-state index contributed by atoms with van der Waals surface area (Å²) in [7, 11) is 3.52. The molecular formula is C28H37NO4. The Morgan fingerprint density at radius 1 is 1.15 bits per heavy atom. The van der Waals surface area contributed by atoms with E-state index in [0.29, 0.717) is 0 Å². The highest BCUT2D eigenvalue weighted by molar-refractivity contribution is 5.63. The van der Waals surface area contributed by atoms with Gasteiger partial charge < -0.3 is 19.3 Å². The lowest BCUT2D eigenvalue weighted by atomic mass is 9.30. The second-order valence-electron chi connectivity index (χ2n) is 12.7. The van der Waals surface area contributed by atoms with Gasteiger partial charge in [0.05, 0.1) is 24.7 Å². The fraction of sp³-hybridized carbons (Fsp3) is 0.750. The van der Waals surface area contributed by atoms with Crippen LogP contribution in [0.4, 0.5) is 0 Å². The van der Waals surface area contributed by atoms with E-state index in [9.17, 15) is 10.4 Å². The lowest BCUT2D eigenvalue weighted by molar-refractivity contribution is -0.312. The largest absolute Gasteiger partial charge is 0.493 e. The highest BCUT2D eigenvalue weighted by Crippen LogP contribution is 2.80. The SMILES string of the molecule is COc1ccc2c3c1O[C@H]1[C@@]4(OC)CC[C@@]5(C[C@@H]4C(C)(O)C(C)(C)C)[C@@H](C2)[C@H](C#N)CC[C@]315. The number of nitriles is 1. The Morgan fingerprint density at radius 3 is 2.55 bits per heavy atom. The van der Waals surface area contributed by atoms with Crippen molar-refractivity contribution in [3.8, 4) is 17.6 Å². The summed E-state index contributed by atoms with van der Waals surface area (Å²) in [4.78, 5) is 0. The van der Waals surface area contributed by atoms with E-state index in [1.54, 1.807) is 7.11 Å². The number of nitrogens with zero attached hydrogens (tertiary/aromatic N) is 1. The van der Waals surface area contributed by atoms with Gasteiger partial charge in [0.1, 0.15) is 11.7 Å². The predicted octanol–water partition coefficient (Wildman–Crippen LogP) is 4.78. The zero-order valence-electron chi connectivity index (χ0n) is 20.8. The van der Waals surface area contributed by atoms with Gasteiger partial charge in [0, 0.05) is 24.0 Å². The minimum absolute atomic E-state index is 0.0453. The molecule has 1 N–H and O–H groups in total. The zero-order chi connectivity index (χ0) is 23.6. The van der Waals surface area contributed by atoms with E-state index in [1.807, 2.05) is 20.1 Å². The Bertz CT molecular complexity index is 1070. The summed E-state index contributed by atoms with van der Waals surface area (Å²) < 4.78 is 19.3. The maximum Gasteiger partial charge on any atom is 0.165 e. The molecule has 33 heavy (non-hydrogen) atoms. The molecule has 2 spiro atoms. The van der Waals surface area contributed by atoms with Crippen molar-refractivity contribution < 1.29 is 19.3 Å². The molecule has 1 aromatic carbocycles. The standard InChI is InChI=1S/C28H37NO4/c1-24(2,3)25(4,30)20-14-26-11-12-28(20,32-6)23-27(26)10-9-17(15-29)18(26)13-16-7-8-19(31-5)22(33-23)21(16)27/h7-8,17-18,20,23,30H,9-14H2,1-6H3/t17-,18-,20+,23+,25?,26+,27-,28+/m0/s1. The van der Waals surface area contributed by atoms with Gasteiger partial charge in [-0.3, -0.25) is 0 Å². The van der Waals surface area contributed by atoms with Crippen LogP contribution in [-0.2, 0) is 16.6 Å². The quantitative estimate of drug-likeness (QED) is 0.716. The molecule has 1 aliphatic heterocycles. The van der Waals surface area contributed by atoms with E-state index in [4.69, 9.17) is 14.2 Å². The Balaban J connectivity index is 1.66. The Hall–Kier alpha value is -1.77. The fourth-order valence-corrected chi connectivity index (χ4v) is 9.29. The van der Waals surface area contributed by atoms with Crippen molar-refractivity contribution in [1.29, 1.82) is 5.26 Å². The second kappa shape index (κ2) is 6.26. The van der Waals surface area contributed by atoms with Crippen LogP contribution >= 0.6 is 0 Å². The minimum atomic E-state index is -0.947. The Labute approximate surface area is 197 Å². The van der Waals surface area contributed by atoms with Gasteiger partial charge in [0.2, 0.25) is 0 Å². The summed E-state index contributed by atoms with van der Waals surface area (Å²) in [6.07, 6.45) is 5.33. The molecule has 0 saturated heterocycles.